The Hall–Kier alpha value is -2.15. The first-order valence-corrected chi connectivity index (χ1v) is 6.36. The molecule has 0 atom stereocenters. The molecule has 1 aromatic carbocycles. The highest BCUT2D eigenvalue weighted by atomic mass is 19.1. The van der Waals surface area contributed by atoms with Crippen molar-refractivity contribution in [3.05, 3.63) is 29.6 Å². The number of carbonyl (C=O) groups excluding carboxylic acids is 1. The lowest BCUT2D eigenvalue weighted by atomic mass is 10.1. The minimum atomic E-state index is -0.598. The second kappa shape index (κ2) is 5.46. The molecule has 6 nitrogen and oxygen atoms in total. The SMILES string of the molecule is O=C1NN=C(c2ccc(N3CCOCC3)c(F)c2)CO1. The summed E-state index contributed by atoms with van der Waals surface area (Å²) in [6, 6.07) is 4.90. The summed E-state index contributed by atoms with van der Waals surface area (Å²) in [6.07, 6.45) is -0.598. The van der Waals surface area contributed by atoms with Gasteiger partial charge in [-0.3, -0.25) is 0 Å². The predicted molar refractivity (Wildman–Crippen MR) is 70.5 cm³/mol. The fraction of sp³-hybridized carbons (Fsp3) is 0.385. The molecule has 0 saturated carbocycles. The zero-order valence-electron chi connectivity index (χ0n) is 10.8. The molecule has 0 spiro atoms. The molecule has 1 amide bonds. The molecule has 1 fully saturated rings. The number of hydrogen-bond donors (Lipinski definition) is 1. The molecule has 2 aliphatic heterocycles. The van der Waals surface area contributed by atoms with E-state index in [0.29, 0.717) is 43.3 Å². The van der Waals surface area contributed by atoms with Crippen LogP contribution in [0.4, 0.5) is 14.9 Å². The third-order valence-corrected chi connectivity index (χ3v) is 3.25. The maximum atomic E-state index is 14.2. The highest BCUT2D eigenvalue weighted by Crippen LogP contribution is 2.22. The zero-order chi connectivity index (χ0) is 13.9. The summed E-state index contributed by atoms with van der Waals surface area (Å²) in [6.45, 7) is 2.61. The standard InChI is InChI=1S/C13H14FN3O3/c14-10-7-9(11-8-20-13(18)16-15-11)1-2-12(10)17-3-5-19-6-4-17/h1-2,7H,3-6,8H2,(H,16,18). The minimum absolute atomic E-state index is 0.0438. The van der Waals surface area contributed by atoms with Gasteiger partial charge in [0.25, 0.3) is 0 Å². The summed E-state index contributed by atoms with van der Waals surface area (Å²) in [5, 5.41) is 3.86. The van der Waals surface area contributed by atoms with Crippen molar-refractivity contribution in [1.82, 2.24) is 5.43 Å². The maximum absolute atomic E-state index is 14.2. The summed E-state index contributed by atoms with van der Waals surface area (Å²) in [4.78, 5) is 12.8. The van der Waals surface area contributed by atoms with Crippen LogP contribution in [0.15, 0.2) is 23.3 Å². The van der Waals surface area contributed by atoms with Gasteiger partial charge in [-0.25, -0.2) is 14.6 Å². The van der Waals surface area contributed by atoms with Crippen molar-refractivity contribution in [3.8, 4) is 0 Å². The van der Waals surface area contributed by atoms with Crippen molar-refractivity contribution < 1.29 is 18.7 Å². The second-order valence-corrected chi connectivity index (χ2v) is 4.51. The van der Waals surface area contributed by atoms with Crippen molar-refractivity contribution in [2.24, 2.45) is 5.10 Å². The number of hydrogen-bond acceptors (Lipinski definition) is 5. The molecular formula is C13H14FN3O3. The number of benzene rings is 1. The van der Waals surface area contributed by atoms with Gasteiger partial charge in [0.05, 0.1) is 18.9 Å². The molecule has 1 N–H and O–H groups in total. The van der Waals surface area contributed by atoms with E-state index >= 15 is 0 Å². The molecule has 2 heterocycles. The van der Waals surface area contributed by atoms with E-state index in [9.17, 15) is 9.18 Å². The number of cyclic esters (lactones) is 1. The fourth-order valence-electron chi connectivity index (χ4n) is 2.21. The largest absolute Gasteiger partial charge is 0.442 e. The van der Waals surface area contributed by atoms with Crippen LogP contribution >= 0.6 is 0 Å². The maximum Gasteiger partial charge on any atom is 0.428 e. The molecule has 2 aliphatic rings. The van der Waals surface area contributed by atoms with E-state index in [2.05, 4.69) is 10.5 Å². The number of anilines is 1. The molecule has 0 radical (unpaired) electrons. The zero-order valence-corrected chi connectivity index (χ0v) is 10.8. The number of morpholine rings is 1. The van der Waals surface area contributed by atoms with Crippen LogP contribution in [-0.4, -0.2) is 44.7 Å². The fourth-order valence-corrected chi connectivity index (χ4v) is 2.21. The van der Waals surface area contributed by atoms with Gasteiger partial charge in [0.15, 0.2) is 0 Å². The van der Waals surface area contributed by atoms with Gasteiger partial charge in [0.2, 0.25) is 0 Å². The number of nitrogens with one attached hydrogen (secondary N) is 1. The summed E-state index contributed by atoms with van der Waals surface area (Å²) < 4.78 is 24.3. The molecule has 7 heteroatoms. The number of ether oxygens (including phenoxy) is 2. The van der Waals surface area contributed by atoms with Gasteiger partial charge < -0.3 is 14.4 Å². The Morgan fingerprint density at radius 1 is 1.30 bits per heavy atom. The molecule has 0 aromatic heterocycles. The smallest absolute Gasteiger partial charge is 0.428 e. The summed E-state index contributed by atoms with van der Waals surface area (Å²) >= 11 is 0. The molecule has 3 rings (SSSR count). The Bertz CT molecular complexity index is 556. The average Bonchev–Trinajstić information content (AvgIpc) is 2.49. The van der Waals surface area contributed by atoms with Crippen molar-refractivity contribution in [1.29, 1.82) is 0 Å². The van der Waals surface area contributed by atoms with Gasteiger partial charge >= 0.3 is 6.09 Å². The van der Waals surface area contributed by atoms with Crippen molar-refractivity contribution in [2.75, 3.05) is 37.8 Å². The van der Waals surface area contributed by atoms with Crippen LogP contribution in [-0.2, 0) is 9.47 Å². The van der Waals surface area contributed by atoms with Gasteiger partial charge in [0.1, 0.15) is 18.1 Å². The van der Waals surface area contributed by atoms with E-state index in [4.69, 9.17) is 9.47 Å². The quantitative estimate of drug-likeness (QED) is 0.880. The topological polar surface area (TPSA) is 63.2 Å². The first-order chi connectivity index (χ1) is 9.74. The Labute approximate surface area is 115 Å². The Morgan fingerprint density at radius 2 is 2.10 bits per heavy atom. The normalized spacial score (nSPS) is 19.1. The summed E-state index contributed by atoms with van der Waals surface area (Å²) in [7, 11) is 0. The second-order valence-electron chi connectivity index (χ2n) is 4.51. The molecular weight excluding hydrogens is 265 g/mol. The summed E-state index contributed by atoms with van der Waals surface area (Å²) in [5.41, 5.74) is 3.85. The molecule has 20 heavy (non-hydrogen) atoms. The highest BCUT2D eigenvalue weighted by Gasteiger charge is 2.18. The van der Waals surface area contributed by atoms with E-state index in [-0.39, 0.29) is 12.4 Å². The number of halogens is 1. The van der Waals surface area contributed by atoms with Crippen molar-refractivity contribution in [3.63, 3.8) is 0 Å². The average molecular weight is 279 g/mol. The number of rotatable bonds is 2. The van der Waals surface area contributed by atoms with Crippen molar-refractivity contribution in [2.45, 2.75) is 0 Å². The lowest BCUT2D eigenvalue weighted by Gasteiger charge is -2.29. The predicted octanol–water partition coefficient (Wildman–Crippen LogP) is 1.11. The summed E-state index contributed by atoms with van der Waals surface area (Å²) in [5.74, 6) is -0.316. The van der Waals surface area contributed by atoms with Gasteiger partial charge in [-0.2, -0.15) is 5.10 Å². The first kappa shape index (κ1) is 12.9. The van der Waals surface area contributed by atoms with Crippen LogP contribution in [0.2, 0.25) is 0 Å². The third kappa shape index (κ3) is 2.57. The Balaban J connectivity index is 1.82. The Morgan fingerprint density at radius 3 is 2.75 bits per heavy atom. The highest BCUT2D eigenvalue weighted by molar-refractivity contribution is 6.03. The number of amides is 1. The molecule has 0 unspecified atom stereocenters. The van der Waals surface area contributed by atoms with E-state index in [0.717, 1.165) is 0 Å². The lowest BCUT2D eigenvalue weighted by molar-refractivity contribution is 0.122. The molecule has 1 saturated heterocycles. The van der Waals surface area contributed by atoms with E-state index < -0.39 is 6.09 Å². The van der Waals surface area contributed by atoms with Crippen LogP contribution in [0.3, 0.4) is 0 Å². The van der Waals surface area contributed by atoms with Gasteiger partial charge in [-0.15, -0.1) is 0 Å². The van der Waals surface area contributed by atoms with Crippen LogP contribution < -0.4 is 10.3 Å². The van der Waals surface area contributed by atoms with Crippen molar-refractivity contribution >= 4 is 17.5 Å². The molecule has 0 aliphatic carbocycles. The Kier molecular flexibility index (Phi) is 3.51. The first-order valence-electron chi connectivity index (χ1n) is 6.36. The minimum Gasteiger partial charge on any atom is -0.442 e. The monoisotopic (exact) mass is 279 g/mol. The van der Waals surface area contributed by atoms with E-state index in [1.165, 1.54) is 6.07 Å². The number of hydrazone groups is 1. The van der Waals surface area contributed by atoms with Gasteiger partial charge in [-0.1, -0.05) is 6.07 Å². The van der Waals surface area contributed by atoms with Crippen LogP contribution in [0.5, 0.6) is 0 Å². The third-order valence-electron chi connectivity index (χ3n) is 3.25. The molecule has 0 bridgehead atoms. The van der Waals surface area contributed by atoms with Gasteiger partial charge in [-0.05, 0) is 12.1 Å². The molecule has 106 valence electrons. The van der Waals surface area contributed by atoms with Crippen LogP contribution in [0.1, 0.15) is 5.56 Å². The van der Waals surface area contributed by atoms with Gasteiger partial charge in [0, 0.05) is 18.7 Å². The number of carbonyl (C=O) groups is 1. The van der Waals surface area contributed by atoms with Crippen LogP contribution in [0, 0.1) is 5.82 Å². The number of nitrogens with zero attached hydrogens (tertiary/aromatic N) is 2. The van der Waals surface area contributed by atoms with E-state index in [1.54, 1.807) is 12.1 Å². The molecule has 1 aromatic rings. The van der Waals surface area contributed by atoms with Crippen LogP contribution in [0.25, 0.3) is 0 Å². The van der Waals surface area contributed by atoms with E-state index in [1.807, 2.05) is 4.90 Å². The lowest BCUT2D eigenvalue weighted by Crippen LogP contribution is -2.36.